The molecule has 0 bridgehead atoms. The predicted octanol–water partition coefficient (Wildman–Crippen LogP) is 8.15. The van der Waals surface area contributed by atoms with E-state index in [9.17, 15) is 9.59 Å². The molecule has 0 saturated heterocycles. The molecule has 0 amide bonds. The maximum atomic E-state index is 13.0. The van der Waals surface area contributed by atoms with Crippen LogP contribution >= 0.6 is 11.3 Å². The number of ketones is 2. The fourth-order valence-electron chi connectivity index (χ4n) is 3.97. The van der Waals surface area contributed by atoms with Crippen molar-refractivity contribution in [1.82, 2.24) is 4.98 Å². The van der Waals surface area contributed by atoms with Crippen LogP contribution in [0.3, 0.4) is 0 Å². The normalized spacial score (nSPS) is 11.7. The Labute approximate surface area is 220 Å². The fourth-order valence-corrected chi connectivity index (χ4v) is 5.19. The molecule has 0 spiro atoms. The second kappa shape index (κ2) is 12.0. The molecule has 1 heterocycles. The Kier molecular flexibility index (Phi) is 9.24. The molecule has 3 aromatic rings. The van der Waals surface area contributed by atoms with Gasteiger partial charge in [0.2, 0.25) is 0 Å². The Morgan fingerprint density at radius 3 is 2.33 bits per heavy atom. The van der Waals surface area contributed by atoms with E-state index in [4.69, 9.17) is 9.72 Å². The van der Waals surface area contributed by atoms with Gasteiger partial charge in [0.25, 0.3) is 0 Å². The SMILES string of the molecule is CCCCc1ccc(-c2nc(C(C)C)c(CCC(=O)c3ccc(OC(C)(C)C(C)=O)c(C)c3)s2)cc1. The van der Waals surface area contributed by atoms with Crippen LogP contribution in [0, 0.1) is 6.92 Å². The molecule has 0 fully saturated rings. The van der Waals surface area contributed by atoms with Crippen molar-refractivity contribution in [3.05, 3.63) is 69.7 Å². The van der Waals surface area contributed by atoms with Crippen LogP contribution in [0.25, 0.3) is 10.6 Å². The Morgan fingerprint density at radius 2 is 1.75 bits per heavy atom. The Bertz CT molecular complexity index is 1210. The molecule has 5 heteroatoms. The van der Waals surface area contributed by atoms with Crippen LogP contribution in [0.2, 0.25) is 0 Å². The summed E-state index contributed by atoms with van der Waals surface area (Å²) in [4.78, 5) is 31.0. The zero-order chi connectivity index (χ0) is 26.5. The number of ether oxygens (including phenoxy) is 1. The molecule has 1 aromatic heterocycles. The molecular formula is C31H39NO3S. The highest BCUT2D eigenvalue weighted by Crippen LogP contribution is 2.33. The van der Waals surface area contributed by atoms with Crippen molar-refractivity contribution in [3.63, 3.8) is 0 Å². The summed E-state index contributed by atoms with van der Waals surface area (Å²) >= 11 is 1.70. The van der Waals surface area contributed by atoms with Gasteiger partial charge in [-0.15, -0.1) is 11.3 Å². The van der Waals surface area contributed by atoms with Gasteiger partial charge in [-0.25, -0.2) is 4.98 Å². The van der Waals surface area contributed by atoms with Gasteiger partial charge in [-0.1, -0.05) is 51.5 Å². The minimum Gasteiger partial charge on any atom is -0.480 e. The van der Waals surface area contributed by atoms with Crippen molar-refractivity contribution < 1.29 is 14.3 Å². The number of Topliss-reactive ketones (excluding diaryl/α,β-unsaturated/α-hetero) is 2. The van der Waals surface area contributed by atoms with Gasteiger partial charge >= 0.3 is 0 Å². The first kappa shape index (κ1) is 27.8. The van der Waals surface area contributed by atoms with Crippen LogP contribution in [0.4, 0.5) is 0 Å². The van der Waals surface area contributed by atoms with Crippen LogP contribution in [-0.4, -0.2) is 22.2 Å². The molecule has 0 aliphatic carbocycles. The topological polar surface area (TPSA) is 56.3 Å². The van der Waals surface area contributed by atoms with Crippen molar-refractivity contribution in [3.8, 4) is 16.3 Å². The van der Waals surface area contributed by atoms with Gasteiger partial charge in [-0.05, 0) is 82.2 Å². The Hall–Kier alpha value is -2.79. The third kappa shape index (κ3) is 6.91. The second-order valence-corrected chi connectivity index (χ2v) is 11.4. The minimum atomic E-state index is -0.900. The first-order chi connectivity index (χ1) is 17.0. The van der Waals surface area contributed by atoms with E-state index >= 15 is 0 Å². The summed E-state index contributed by atoms with van der Waals surface area (Å²) in [6.07, 6.45) is 4.62. The van der Waals surface area contributed by atoms with Crippen LogP contribution in [0.5, 0.6) is 5.75 Å². The summed E-state index contributed by atoms with van der Waals surface area (Å²) in [5, 5.41) is 1.02. The molecule has 0 atom stereocenters. The molecule has 0 unspecified atom stereocenters. The molecule has 0 aliphatic rings. The summed E-state index contributed by atoms with van der Waals surface area (Å²) in [5.41, 5.74) is 4.20. The number of carbonyl (C=O) groups is 2. The number of hydrogen-bond donors (Lipinski definition) is 0. The number of unbranched alkanes of at least 4 members (excludes halogenated alkanes) is 1. The van der Waals surface area contributed by atoms with E-state index in [1.807, 2.05) is 13.0 Å². The highest BCUT2D eigenvalue weighted by molar-refractivity contribution is 7.15. The van der Waals surface area contributed by atoms with Gasteiger partial charge in [0.05, 0.1) is 5.69 Å². The average molecular weight is 506 g/mol. The van der Waals surface area contributed by atoms with E-state index in [-0.39, 0.29) is 11.6 Å². The fraction of sp³-hybridized carbons (Fsp3) is 0.452. The standard InChI is InChI=1S/C31H39NO3S/c1-8-9-10-23-11-13-24(14-12-23)30-32-29(20(2)3)28(36-30)18-16-26(34)25-15-17-27(21(4)19-25)35-31(6,7)22(5)33/h11-15,17,19-20H,8-10,16,18H2,1-7H3. The summed E-state index contributed by atoms with van der Waals surface area (Å²) < 4.78 is 5.90. The van der Waals surface area contributed by atoms with Crippen molar-refractivity contribution in [2.24, 2.45) is 0 Å². The lowest BCUT2D eigenvalue weighted by Gasteiger charge is -2.24. The van der Waals surface area contributed by atoms with Gasteiger partial charge < -0.3 is 4.74 Å². The summed E-state index contributed by atoms with van der Waals surface area (Å²) in [5.74, 6) is 0.980. The zero-order valence-electron chi connectivity index (χ0n) is 22.7. The summed E-state index contributed by atoms with van der Waals surface area (Å²) in [6, 6.07) is 14.2. The zero-order valence-corrected chi connectivity index (χ0v) is 23.6. The highest BCUT2D eigenvalue weighted by Gasteiger charge is 2.26. The lowest BCUT2D eigenvalue weighted by Crippen LogP contribution is -2.36. The van der Waals surface area contributed by atoms with Crippen molar-refractivity contribution in [1.29, 1.82) is 0 Å². The van der Waals surface area contributed by atoms with E-state index in [0.717, 1.165) is 28.2 Å². The van der Waals surface area contributed by atoms with Crippen molar-refractivity contribution in [2.45, 2.75) is 92.1 Å². The van der Waals surface area contributed by atoms with E-state index in [0.29, 0.717) is 30.1 Å². The summed E-state index contributed by atoms with van der Waals surface area (Å²) in [6.45, 7) is 13.5. The number of nitrogens with zero attached hydrogens (tertiary/aromatic N) is 1. The first-order valence-electron chi connectivity index (χ1n) is 12.9. The molecule has 3 rings (SSSR count). The molecule has 36 heavy (non-hydrogen) atoms. The van der Waals surface area contributed by atoms with Crippen LogP contribution in [0.1, 0.15) is 98.8 Å². The Morgan fingerprint density at radius 1 is 1.06 bits per heavy atom. The quantitative estimate of drug-likeness (QED) is 0.233. The lowest BCUT2D eigenvalue weighted by molar-refractivity contribution is -0.129. The average Bonchev–Trinajstić information content (AvgIpc) is 3.27. The van der Waals surface area contributed by atoms with Gasteiger partial charge in [-0.2, -0.15) is 0 Å². The van der Waals surface area contributed by atoms with E-state index in [1.54, 1.807) is 37.3 Å². The molecule has 2 aromatic carbocycles. The molecule has 0 aliphatic heterocycles. The van der Waals surface area contributed by atoms with Gasteiger partial charge in [0.15, 0.2) is 17.2 Å². The lowest BCUT2D eigenvalue weighted by atomic mass is 10.0. The smallest absolute Gasteiger partial charge is 0.172 e. The maximum absolute atomic E-state index is 13.0. The predicted molar refractivity (Wildman–Crippen MR) is 149 cm³/mol. The third-order valence-corrected chi connectivity index (χ3v) is 7.76. The van der Waals surface area contributed by atoms with E-state index < -0.39 is 5.60 Å². The van der Waals surface area contributed by atoms with Crippen molar-refractivity contribution in [2.75, 3.05) is 0 Å². The molecule has 0 N–H and O–H groups in total. The Balaban J connectivity index is 1.72. The molecular weight excluding hydrogens is 466 g/mol. The van der Waals surface area contributed by atoms with E-state index in [1.165, 1.54) is 30.2 Å². The minimum absolute atomic E-state index is 0.0422. The highest BCUT2D eigenvalue weighted by atomic mass is 32.1. The number of carbonyl (C=O) groups excluding carboxylic acids is 2. The third-order valence-electron chi connectivity index (χ3n) is 6.58. The number of rotatable bonds is 12. The number of aromatic nitrogens is 1. The second-order valence-electron chi connectivity index (χ2n) is 10.4. The number of aryl methyl sites for hydroxylation is 3. The van der Waals surface area contributed by atoms with Crippen molar-refractivity contribution >= 4 is 22.9 Å². The van der Waals surface area contributed by atoms with Gasteiger partial charge in [0, 0.05) is 22.4 Å². The molecule has 0 radical (unpaired) electrons. The van der Waals surface area contributed by atoms with Gasteiger partial charge in [-0.3, -0.25) is 9.59 Å². The summed E-state index contributed by atoms with van der Waals surface area (Å²) in [7, 11) is 0. The van der Waals surface area contributed by atoms with Crippen LogP contribution in [-0.2, 0) is 17.6 Å². The number of benzene rings is 2. The molecule has 4 nitrogen and oxygen atoms in total. The van der Waals surface area contributed by atoms with Gasteiger partial charge in [0.1, 0.15) is 10.8 Å². The monoisotopic (exact) mass is 505 g/mol. The van der Waals surface area contributed by atoms with Crippen LogP contribution in [0.15, 0.2) is 42.5 Å². The number of hydrogen-bond acceptors (Lipinski definition) is 5. The maximum Gasteiger partial charge on any atom is 0.172 e. The van der Waals surface area contributed by atoms with E-state index in [2.05, 4.69) is 45.0 Å². The van der Waals surface area contributed by atoms with Crippen LogP contribution < -0.4 is 4.74 Å². The number of thiazole rings is 1. The molecule has 192 valence electrons. The molecule has 0 saturated carbocycles. The first-order valence-corrected chi connectivity index (χ1v) is 13.8. The largest absolute Gasteiger partial charge is 0.480 e.